The summed E-state index contributed by atoms with van der Waals surface area (Å²) in [7, 11) is 0. The van der Waals surface area contributed by atoms with Crippen molar-refractivity contribution in [1.82, 2.24) is 4.98 Å². The van der Waals surface area contributed by atoms with Gasteiger partial charge in [-0.2, -0.15) is 0 Å². The standard InChI is InChI=1S/C14H9BrN2O3/c15-9-2-1-3-10(7-9)16-13(18)8-4-5-11-12(6-8)20-14(19)17-11/h1-7H,(H,16,18)(H,17,19). The maximum absolute atomic E-state index is 12.1. The van der Waals surface area contributed by atoms with E-state index in [0.29, 0.717) is 22.4 Å². The molecule has 5 nitrogen and oxygen atoms in total. The Balaban J connectivity index is 1.90. The number of hydrogen-bond donors (Lipinski definition) is 2. The van der Waals surface area contributed by atoms with E-state index < -0.39 is 5.76 Å². The zero-order chi connectivity index (χ0) is 14.1. The first-order chi connectivity index (χ1) is 9.61. The lowest BCUT2D eigenvalue weighted by molar-refractivity contribution is 0.102. The number of nitrogens with one attached hydrogen (secondary N) is 2. The van der Waals surface area contributed by atoms with E-state index in [2.05, 4.69) is 26.2 Å². The number of fused-ring (bicyclic) bond motifs is 1. The van der Waals surface area contributed by atoms with Crippen molar-refractivity contribution in [2.45, 2.75) is 0 Å². The minimum absolute atomic E-state index is 0.270. The van der Waals surface area contributed by atoms with Gasteiger partial charge >= 0.3 is 5.76 Å². The van der Waals surface area contributed by atoms with Gasteiger partial charge < -0.3 is 9.73 Å². The molecule has 0 atom stereocenters. The topological polar surface area (TPSA) is 75.1 Å². The van der Waals surface area contributed by atoms with Crippen LogP contribution in [0.15, 0.2) is 56.1 Å². The number of halogens is 1. The van der Waals surface area contributed by atoms with Crippen molar-refractivity contribution in [3.8, 4) is 0 Å². The fourth-order valence-corrected chi connectivity index (χ4v) is 2.26. The normalized spacial score (nSPS) is 10.7. The maximum Gasteiger partial charge on any atom is 0.417 e. The molecular weight excluding hydrogens is 324 g/mol. The summed E-state index contributed by atoms with van der Waals surface area (Å²) < 4.78 is 5.81. The monoisotopic (exact) mass is 332 g/mol. The molecule has 0 radical (unpaired) electrons. The Labute approximate surface area is 121 Å². The van der Waals surface area contributed by atoms with E-state index >= 15 is 0 Å². The van der Waals surface area contributed by atoms with Gasteiger partial charge in [-0.05, 0) is 36.4 Å². The molecular formula is C14H9BrN2O3. The fourth-order valence-electron chi connectivity index (χ4n) is 1.86. The zero-order valence-corrected chi connectivity index (χ0v) is 11.7. The van der Waals surface area contributed by atoms with E-state index in [-0.39, 0.29) is 5.91 Å². The largest absolute Gasteiger partial charge is 0.417 e. The van der Waals surface area contributed by atoms with Gasteiger partial charge in [0.05, 0.1) is 5.52 Å². The van der Waals surface area contributed by atoms with Crippen molar-refractivity contribution in [2.24, 2.45) is 0 Å². The predicted octanol–water partition coefficient (Wildman–Crippen LogP) is 3.14. The van der Waals surface area contributed by atoms with Gasteiger partial charge in [0.2, 0.25) is 0 Å². The van der Waals surface area contributed by atoms with E-state index in [1.165, 1.54) is 6.07 Å². The highest BCUT2D eigenvalue weighted by molar-refractivity contribution is 9.10. The summed E-state index contributed by atoms with van der Waals surface area (Å²) in [5, 5.41) is 2.77. The van der Waals surface area contributed by atoms with Crippen molar-refractivity contribution in [1.29, 1.82) is 0 Å². The number of aromatic nitrogens is 1. The highest BCUT2D eigenvalue weighted by atomic mass is 79.9. The molecule has 0 bridgehead atoms. The molecule has 20 heavy (non-hydrogen) atoms. The van der Waals surface area contributed by atoms with Crippen molar-refractivity contribution in [2.75, 3.05) is 5.32 Å². The Hall–Kier alpha value is -2.34. The number of benzene rings is 2. The van der Waals surface area contributed by atoms with Crippen LogP contribution >= 0.6 is 15.9 Å². The minimum atomic E-state index is -0.537. The third-order valence-corrected chi connectivity index (χ3v) is 3.26. The number of carbonyl (C=O) groups excluding carboxylic acids is 1. The van der Waals surface area contributed by atoms with Crippen LogP contribution in [-0.4, -0.2) is 10.9 Å². The van der Waals surface area contributed by atoms with Crippen LogP contribution in [0.25, 0.3) is 11.1 Å². The summed E-state index contributed by atoms with van der Waals surface area (Å²) in [6.45, 7) is 0. The van der Waals surface area contributed by atoms with Gasteiger partial charge in [-0.15, -0.1) is 0 Å². The summed E-state index contributed by atoms with van der Waals surface area (Å²) in [5.41, 5.74) is 2.02. The third-order valence-electron chi connectivity index (χ3n) is 2.77. The van der Waals surface area contributed by atoms with Gasteiger partial charge in [-0.3, -0.25) is 9.78 Å². The number of hydrogen-bond acceptors (Lipinski definition) is 3. The minimum Gasteiger partial charge on any atom is -0.408 e. The molecule has 3 rings (SSSR count). The summed E-state index contributed by atoms with van der Waals surface area (Å²) >= 11 is 3.34. The molecule has 2 N–H and O–H groups in total. The molecule has 3 aromatic rings. The molecule has 0 fully saturated rings. The Morgan fingerprint density at radius 2 is 2.05 bits per heavy atom. The number of amides is 1. The van der Waals surface area contributed by atoms with Crippen LogP contribution in [0.1, 0.15) is 10.4 Å². The van der Waals surface area contributed by atoms with E-state index in [0.717, 1.165) is 4.47 Å². The van der Waals surface area contributed by atoms with Crippen LogP contribution in [0, 0.1) is 0 Å². The van der Waals surface area contributed by atoms with Crippen LogP contribution in [0.2, 0.25) is 0 Å². The lowest BCUT2D eigenvalue weighted by atomic mass is 10.2. The molecule has 6 heteroatoms. The SMILES string of the molecule is O=C(Nc1cccc(Br)c1)c1ccc2[nH]c(=O)oc2c1. The van der Waals surface area contributed by atoms with Crippen molar-refractivity contribution < 1.29 is 9.21 Å². The number of rotatable bonds is 2. The molecule has 0 saturated carbocycles. The molecule has 1 aromatic heterocycles. The molecule has 0 aliphatic carbocycles. The number of oxazole rings is 1. The van der Waals surface area contributed by atoms with Gasteiger partial charge in [-0.25, -0.2) is 4.79 Å². The molecule has 0 unspecified atom stereocenters. The summed E-state index contributed by atoms with van der Waals surface area (Å²) in [5.74, 6) is -0.807. The first-order valence-corrected chi connectivity index (χ1v) is 6.61. The van der Waals surface area contributed by atoms with Crippen LogP contribution < -0.4 is 11.1 Å². The molecule has 1 amide bonds. The highest BCUT2D eigenvalue weighted by Gasteiger charge is 2.09. The Kier molecular flexibility index (Phi) is 3.15. The van der Waals surface area contributed by atoms with Crippen molar-refractivity contribution in [3.63, 3.8) is 0 Å². The van der Waals surface area contributed by atoms with E-state index in [9.17, 15) is 9.59 Å². The molecule has 0 aliphatic heterocycles. The molecule has 2 aromatic carbocycles. The summed E-state index contributed by atoms with van der Waals surface area (Å²) in [6, 6.07) is 12.1. The number of carbonyl (C=O) groups is 1. The molecule has 0 saturated heterocycles. The molecule has 0 spiro atoms. The van der Waals surface area contributed by atoms with Crippen LogP contribution in [-0.2, 0) is 0 Å². The first-order valence-electron chi connectivity index (χ1n) is 5.81. The first kappa shape index (κ1) is 12.7. The van der Waals surface area contributed by atoms with Crippen LogP contribution in [0.5, 0.6) is 0 Å². The average Bonchev–Trinajstić information content (AvgIpc) is 2.77. The Morgan fingerprint density at radius 1 is 1.20 bits per heavy atom. The van der Waals surface area contributed by atoms with Gasteiger partial charge in [0.15, 0.2) is 5.58 Å². The van der Waals surface area contributed by atoms with E-state index in [1.807, 2.05) is 12.1 Å². The fraction of sp³-hybridized carbons (Fsp3) is 0. The van der Waals surface area contributed by atoms with Crippen LogP contribution in [0.4, 0.5) is 5.69 Å². The summed E-state index contributed by atoms with van der Waals surface area (Å²) in [6.07, 6.45) is 0. The van der Waals surface area contributed by atoms with Crippen LogP contribution in [0.3, 0.4) is 0 Å². The number of H-pyrrole nitrogens is 1. The molecule has 1 heterocycles. The van der Waals surface area contributed by atoms with Gasteiger partial charge in [0, 0.05) is 15.7 Å². The summed E-state index contributed by atoms with van der Waals surface area (Å²) in [4.78, 5) is 25.7. The number of aromatic amines is 1. The quantitative estimate of drug-likeness (QED) is 0.757. The second kappa shape index (κ2) is 4.97. The van der Waals surface area contributed by atoms with Gasteiger partial charge in [0.1, 0.15) is 0 Å². The lowest BCUT2D eigenvalue weighted by Gasteiger charge is -2.05. The average molecular weight is 333 g/mol. The highest BCUT2D eigenvalue weighted by Crippen LogP contribution is 2.18. The van der Waals surface area contributed by atoms with Crippen molar-refractivity contribution in [3.05, 3.63) is 63.1 Å². The zero-order valence-electron chi connectivity index (χ0n) is 10.1. The van der Waals surface area contributed by atoms with Crippen molar-refractivity contribution >= 4 is 38.6 Å². The molecule has 0 aliphatic rings. The van der Waals surface area contributed by atoms with Gasteiger partial charge in [-0.1, -0.05) is 22.0 Å². The molecule has 100 valence electrons. The Morgan fingerprint density at radius 3 is 2.85 bits per heavy atom. The lowest BCUT2D eigenvalue weighted by Crippen LogP contribution is -2.11. The van der Waals surface area contributed by atoms with E-state index in [1.54, 1.807) is 24.3 Å². The number of anilines is 1. The second-order valence-electron chi connectivity index (χ2n) is 4.19. The predicted molar refractivity (Wildman–Crippen MR) is 78.9 cm³/mol. The Bertz CT molecular complexity index is 851. The maximum atomic E-state index is 12.1. The third kappa shape index (κ3) is 2.50. The second-order valence-corrected chi connectivity index (χ2v) is 5.11. The van der Waals surface area contributed by atoms with Gasteiger partial charge in [0.25, 0.3) is 5.91 Å². The smallest absolute Gasteiger partial charge is 0.408 e. The van der Waals surface area contributed by atoms with E-state index in [4.69, 9.17) is 4.42 Å².